The Morgan fingerprint density at radius 3 is 3.19 bits per heavy atom. The Labute approximate surface area is 97.3 Å². The molecule has 0 aliphatic heterocycles. The Bertz CT molecular complexity index is 472. The van der Waals surface area contributed by atoms with Crippen LogP contribution in [0.15, 0.2) is 18.2 Å². The van der Waals surface area contributed by atoms with E-state index in [0.29, 0.717) is 13.2 Å². The number of benzene rings is 1. The summed E-state index contributed by atoms with van der Waals surface area (Å²) in [5, 5.41) is 4.18. The first-order valence-electron chi connectivity index (χ1n) is 5.04. The Hall–Kier alpha value is -1.04. The first-order chi connectivity index (χ1) is 7.79. The number of methoxy groups -OCH3 is 1. The van der Waals surface area contributed by atoms with Crippen LogP contribution in [0.2, 0.25) is 0 Å². The molecule has 1 aromatic heterocycles. The molecule has 2 aromatic rings. The van der Waals surface area contributed by atoms with Crippen LogP contribution in [-0.4, -0.2) is 25.2 Å². The van der Waals surface area contributed by atoms with Gasteiger partial charge in [-0.2, -0.15) is 0 Å². The lowest BCUT2D eigenvalue weighted by molar-refractivity contribution is 0.199. The number of rotatable bonds is 5. The van der Waals surface area contributed by atoms with Gasteiger partial charge in [0.25, 0.3) is 0 Å². The highest BCUT2D eigenvalue weighted by atomic mass is 32.1. The van der Waals surface area contributed by atoms with E-state index in [2.05, 4.69) is 10.3 Å². The van der Waals surface area contributed by atoms with Gasteiger partial charge in [0, 0.05) is 26.3 Å². The molecule has 5 heteroatoms. The minimum Gasteiger partial charge on any atom is -0.383 e. The summed E-state index contributed by atoms with van der Waals surface area (Å²) in [7, 11) is 1.67. The van der Waals surface area contributed by atoms with Gasteiger partial charge in [0.05, 0.1) is 16.8 Å². The molecule has 0 unspecified atom stereocenters. The van der Waals surface area contributed by atoms with Crippen molar-refractivity contribution in [3.63, 3.8) is 0 Å². The van der Waals surface area contributed by atoms with Crippen molar-refractivity contribution < 1.29 is 9.13 Å². The van der Waals surface area contributed by atoms with Crippen LogP contribution < -0.4 is 5.32 Å². The van der Waals surface area contributed by atoms with Crippen LogP contribution in [0.3, 0.4) is 0 Å². The topological polar surface area (TPSA) is 34.1 Å². The average Bonchev–Trinajstić information content (AvgIpc) is 2.66. The van der Waals surface area contributed by atoms with E-state index in [4.69, 9.17) is 4.74 Å². The molecule has 1 aromatic carbocycles. The Morgan fingerprint density at radius 2 is 2.38 bits per heavy atom. The number of nitrogens with zero attached hydrogens (tertiary/aromatic N) is 1. The van der Waals surface area contributed by atoms with Crippen LogP contribution in [0, 0.1) is 5.82 Å². The van der Waals surface area contributed by atoms with Crippen LogP contribution in [-0.2, 0) is 11.3 Å². The van der Waals surface area contributed by atoms with E-state index in [1.807, 2.05) is 0 Å². The van der Waals surface area contributed by atoms with Crippen molar-refractivity contribution in [3.8, 4) is 0 Å². The third kappa shape index (κ3) is 2.75. The molecule has 1 N–H and O–H groups in total. The molecule has 3 nitrogen and oxygen atoms in total. The molecule has 2 rings (SSSR count). The van der Waals surface area contributed by atoms with Crippen LogP contribution in [0.4, 0.5) is 4.39 Å². The van der Waals surface area contributed by atoms with Crippen molar-refractivity contribution in [2.45, 2.75) is 6.54 Å². The summed E-state index contributed by atoms with van der Waals surface area (Å²) in [5.74, 6) is -0.239. The summed E-state index contributed by atoms with van der Waals surface area (Å²) in [4.78, 5) is 4.35. The molecule has 0 aliphatic carbocycles. The van der Waals surface area contributed by atoms with Gasteiger partial charge in [0.1, 0.15) is 10.8 Å². The normalized spacial score (nSPS) is 11.1. The molecular weight excluding hydrogens is 227 g/mol. The fourth-order valence-corrected chi connectivity index (χ4v) is 2.31. The van der Waals surface area contributed by atoms with Crippen molar-refractivity contribution in [1.82, 2.24) is 10.3 Å². The van der Waals surface area contributed by atoms with Gasteiger partial charge >= 0.3 is 0 Å². The van der Waals surface area contributed by atoms with E-state index in [0.717, 1.165) is 21.8 Å². The number of nitrogens with one attached hydrogen (secondary N) is 1. The molecule has 0 bridgehead atoms. The van der Waals surface area contributed by atoms with Gasteiger partial charge < -0.3 is 10.1 Å². The van der Waals surface area contributed by atoms with E-state index in [-0.39, 0.29) is 5.82 Å². The number of aromatic nitrogens is 1. The summed E-state index contributed by atoms with van der Waals surface area (Å²) >= 11 is 1.58. The molecule has 0 saturated heterocycles. The Balaban J connectivity index is 2.02. The second-order valence-electron chi connectivity index (χ2n) is 3.39. The number of halogens is 1. The van der Waals surface area contributed by atoms with Crippen molar-refractivity contribution in [1.29, 1.82) is 0 Å². The van der Waals surface area contributed by atoms with E-state index >= 15 is 0 Å². The first-order valence-corrected chi connectivity index (χ1v) is 5.86. The molecule has 86 valence electrons. The lowest BCUT2D eigenvalue weighted by Crippen LogP contribution is -2.18. The molecular formula is C11H13FN2OS. The smallest absolute Gasteiger partial charge is 0.125 e. The maximum Gasteiger partial charge on any atom is 0.125 e. The number of hydrogen-bond donors (Lipinski definition) is 1. The molecule has 0 fully saturated rings. The van der Waals surface area contributed by atoms with Gasteiger partial charge in [0.15, 0.2) is 0 Å². The zero-order valence-electron chi connectivity index (χ0n) is 9.00. The minimum atomic E-state index is -0.239. The lowest BCUT2D eigenvalue weighted by atomic mass is 10.3. The zero-order chi connectivity index (χ0) is 11.4. The van der Waals surface area contributed by atoms with E-state index in [1.54, 1.807) is 24.5 Å². The predicted molar refractivity (Wildman–Crippen MR) is 63.2 cm³/mol. The Kier molecular flexibility index (Phi) is 3.82. The van der Waals surface area contributed by atoms with Crippen molar-refractivity contribution >= 4 is 21.6 Å². The molecule has 0 atom stereocenters. The van der Waals surface area contributed by atoms with Crippen LogP contribution in [0.25, 0.3) is 10.2 Å². The second-order valence-corrected chi connectivity index (χ2v) is 4.50. The summed E-state index contributed by atoms with van der Waals surface area (Å²) in [6.45, 7) is 2.17. The molecule has 1 heterocycles. The third-order valence-corrected chi connectivity index (χ3v) is 3.19. The molecule has 0 radical (unpaired) electrons. The van der Waals surface area contributed by atoms with Gasteiger partial charge in [0.2, 0.25) is 0 Å². The summed E-state index contributed by atoms with van der Waals surface area (Å²) in [5.41, 5.74) is 0.730. The second kappa shape index (κ2) is 5.34. The monoisotopic (exact) mass is 240 g/mol. The van der Waals surface area contributed by atoms with Gasteiger partial charge in [-0.1, -0.05) is 0 Å². The standard InChI is InChI=1S/C11H13FN2OS/c1-15-5-4-13-7-11-14-9-6-8(12)2-3-10(9)16-11/h2-3,6,13H,4-5,7H2,1H3. The van der Waals surface area contributed by atoms with Crippen LogP contribution in [0.5, 0.6) is 0 Å². The minimum absolute atomic E-state index is 0.239. The van der Waals surface area contributed by atoms with Crippen LogP contribution in [0.1, 0.15) is 5.01 Å². The lowest BCUT2D eigenvalue weighted by Gasteiger charge is -1.99. The molecule has 16 heavy (non-hydrogen) atoms. The predicted octanol–water partition coefficient (Wildman–Crippen LogP) is 2.17. The first kappa shape index (κ1) is 11.4. The SMILES string of the molecule is COCCNCc1nc2cc(F)ccc2s1. The van der Waals surface area contributed by atoms with E-state index < -0.39 is 0 Å². The molecule has 0 saturated carbocycles. The maximum absolute atomic E-state index is 12.9. The third-order valence-electron chi connectivity index (χ3n) is 2.15. The summed E-state index contributed by atoms with van der Waals surface area (Å²) < 4.78 is 18.9. The summed E-state index contributed by atoms with van der Waals surface area (Å²) in [6.07, 6.45) is 0. The number of thiazole rings is 1. The highest BCUT2D eigenvalue weighted by molar-refractivity contribution is 7.18. The maximum atomic E-state index is 12.9. The van der Waals surface area contributed by atoms with Gasteiger partial charge in [-0.15, -0.1) is 11.3 Å². The van der Waals surface area contributed by atoms with Gasteiger partial charge in [-0.25, -0.2) is 9.37 Å². The highest BCUT2D eigenvalue weighted by Gasteiger charge is 2.04. The zero-order valence-corrected chi connectivity index (χ0v) is 9.81. The largest absolute Gasteiger partial charge is 0.383 e. The number of hydrogen-bond acceptors (Lipinski definition) is 4. The van der Waals surface area contributed by atoms with E-state index in [1.165, 1.54) is 12.1 Å². The molecule has 0 amide bonds. The number of fused-ring (bicyclic) bond motifs is 1. The quantitative estimate of drug-likeness (QED) is 0.813. The van der Waals surface area contributed by atoms with Crippen molar-refractivity contribution in [3.05, 3.63) is 29.0 Å². The fraction of sp³-hybridized carbons (Fsp3) is 0.364. The Morgan fingerprint density at radius 1 is 1.50 bits per heavy atom. The van der Waals surface area contributed by atoms with Gasteiger partial charge in [-0.05, 0) is 12.1 Å². The fourth-order valence-electron chi connectivity index (χ4n) is 1.39. The van der Waals surface area contributed by atoms with Crippen molar-refractivity contribution in [2.75, 3.05) is 20.3 Å². The van der Waals surface area contributed by atoms with Gasteiger partial charge in [-0.3, -0.25) is 0 Å². The average molecular weight is 240 g/mol. The summed E-state index contributed by atoms with van der Waals surface area (Å²) in [6, 6.07) is 4.69. The molecule has 0 aliphatic rings. The van der Waals surface area contributed by atoms with Crippen molar-refractivity contribution in [2.24, 2.45) is 0 Å². The van der Waals surface area contributed by atoms with E-state index in [9.17, 15) is 4.39 Å². The van der Waals surface area contributed by atoms with Crippen LogP contribution >= 0.6 is 11.3 Å². The molecule has 0 spiro atoms. The number of ether oxygens (including phenoxy) is 1. The highest BCUT2D eigenvalue weighted by Crippen LogP contribution is 2.22.